The molecule has 102 valence electrons. The molecule has 0 fully saturated rings. The second-order valence-corrected chi connectivity index (χ2v) is 3.92. The van der Waals surface area contributed by atoms with Crippen LogP contribution in [-0.2, 0) is 6.18 Å². The average molecular weight is 263 g/mol. The topological polar surface area (TPSA) is 52.5 Å². The van der Waals surface area contributed by atoms with Gasteiger partial charge >= 0.3 is 6.18 Å². The standard InChI is InChI=1S/C12H16F3NO2/c13-12(14,15)10-4-1-3-9(7-10)11(18)8-16-5-2-6-17/h1,3-4,7,11,16-18H,2,5-6,8H2. The average Bonchev–Trinajstić information content (AvgIpc) is 2.33. The molecule has 3 N–H and O–H groups in total. The molecule has 3 nitrogen and oxygen atoms in total. The normalized spacial score (nSPS) is 13.6. The van der Waals surface area contributed by atoms with Gasteiger partial charge in [-0.3, -0.25) is 0 Å². The first-order valence-corrected chi connectivity index (χ1v) is 5.62. The lowest BCUT2D eigenvalue weighted by Gasteiger charge is -2.14. The van der Waals surface area contributed by atoms with Gasteiger partial charge in [-0.05, 0) is 30.7 Å². The number of aliphatic hydroxyl groups excluding tert-OH is 2. The van der Waals surface area contributed by atoms with Crippen molar-refractivity contribution in [3.8, 4) is 0 Å². The van der Waals surface area contributed by atoms with Gasteiger partial charge in [0.15, 0.2) is 0 Å². The largest absolute Gasteiger partial charge is 0.416 e. The third kappa shape index (κ3) is 4.64. The Balaban J connectivity index is 2.60. The SMILES string of the molecule is OCCCNCC(O)c1cccc(C(F)(F)F)c1. The molecule has 0 aliphatic rings. The third-order valence-electron chi connectivity index (χ3n) is 2.45. The molecule has 1 unspecified atom stereocenters. The van der Waals surface area contributed by atoms with Gasteiger partial charge in [0.1, 0.15) is 0 Å². The minimum absolute atomic E-state index is 0.0344. The lowest BCUT2D eigenvalue weighted by molar-refractivity contribution is -0.137. The summed E-state index contributed by atoms with van der Waals surface area (Å²) in [5.74, 6) is 0. The van der Waals surface area contributed by atoms with Crippen molar-refractivity contribution in [1.29, 1.82) is 0 Å². The molecule has 18 heavy (non-hydrogen) atoms. The molecule has 0 amide bonds. The first kappa shape index (κ1) is 14.9. The van der Waals surface area contributed by atoms with E-state index in [0.717, 1.165) is 12.1 Å². The van der Waals surface area contributed by atoms with Crippen molar-refractivity contribution in [2.24, 2.45) is 0 Å². The molecule has 0 heterocycles. The summed E-state index contributed by atoms with van der Waals surface area (Å²) >= 11 is 0. The van der Waals surface area contributed by atoms with Crippen LogP contribution in [0.4, 0.5) is 13.2 Å². The molecule has 0 saturated heterocycles. The zero-order valence-electron chi connectivity index (χ0n) is 9.74. The van der Waals surface area contributed by atoms with Crippen LogP contribution in [-0.4, -0.2) is 29.9 Å². The van der Waals surface area contributed by atoms with Gasteiger partial charge in [0.2, 0.25) is 0 Å². The Bertz CT molecular complexity index is 369. The first-order chi connectivity index (χ1) is 8.45. The number of aliphatic hydroxyl groups is 2. The van der Waals surface area contributed by atoms with Crippen LogP contribution in [0.15, 0.2) is 24.3 Å². The number of alkyl halides is 3. The molecule has 0 aliphatic carbocycles. The smallest absolute Gasteiger partial charge is 0.396 e. The summed E-state index contributed by atoms with van der Waals surface area (Å²) < 4.78 is 37.4. The van der Waals surface area contributed by atoms with Gasteiger partial charge in [-0.2, -0.15) is 13.2 Å². The predicted molar refractivity (Wildman–Crippen MR) is 61.0 cm³/mol. The molecule has 0 saturated carbocycles. The molecular weight excluding hydrogens is 247 g/mol. The Morgan fingerprint density at radius 3 is 2.61 bits per heavy atom. The maximum Gasteiger partial charge on any atom is 0.416 e. The van der Waals surface area contributed by atoms with Gasteiger partial charge in [0.25, 0.3) is 0 Å². The highest BCUT2D eigenvalue weighted by Crippen LogP contribution is 2.30. The van der Waals surface area contributed by atoms with E-state index in [1.165, 1.54) is 12.1 Å². The van der Waals surface area contributed by atoms with Crippen LogP contribution in [0.3, 0.4) is 0 Å². The molecular formula is C12H16F3NO2. The second-order valence-electron chi connectivity index (χ2n) is 3.92. The number of hydrogen-bond acceptors (Lipinski definition) is 3. The van der Waals surface area contributed by atoms with Crippen LogP contribution in [0.2, 0.25) is 0 Å². The summed E-state index contributed by atoms with van der Waals surface area (Å²) in [7, 11) is 0. The van der Waals surface area contributed by atoms with Crippen molar-refractivity contribution >= 4 is 0 Å². The zero-order valence-corrected chi connectivity index (χ0v) is 9.74. The van der Waals surface area contributed by atoms with Crippen molar-refractivity contribution in [2.75, 3.05) is 19.7 Å². The molecule has 0 bridgehead atoms. The molecule has 0 aromatic heterocycles. The summed E-state index contributed by atoms with van der Waals surface area (Å²) in [5, 5.41) is 21.1. The quantitative estimate of drug-likeness (QED) is 0.685. The van der Waals surface area contributed by atoms with Crippen molar-refractivity contribution < 1.29 is 23.4 Å². The number of rotatable bonds is 6. The summed E-state index contributed by atoms with van der Waals surface area (Å²) in [5.41, 5.74) is -0.546. The summed E-state index contributed by atoms with van der Waals surface area (Å²) in [4.78, 5) is 0. The maximum atomic E-state index is 12.5. The van der Waals surface area contributed by atoms with Crippen LogP contribution >= 0.6 is 0 Å². The van der Waals surface area contributed by atoms with Crippen LogP contribution in [0, 0.1) is 0 Å². The van der Waals surface area contributed by atoms with E-state index in [0.29, 0.717) is 13.0 Å². The van der Waals surface area contributed by atoms with Crippen LogP contribution in [0.25, 0.3) is 0 Å². The summed E-state index contributed by atoms with van der Waals surface area (Å²) in [6.07, 6.45) is -4.86. The Hall–Kier alpha value is -1.11. The third-order valence-corrected chi connectivity index (χ3v) is 2.45. The van der Waals surface area contributed by atoms with Crippen molar-refractivity contribution in [3.63, 3.8) is 0 Å². The predicted octanol–water partition coefficient (Wildman–Crippen LogP) is 1.71. The van der Waals surface area contributed by atoms with Crippen molar-refractivity contribution in [1.82, 2.24) is 5.32 Å². The fourth-order valence-electron chi connectivity index (χ4n) is 1.48. The van der Waals surface area contributed by atoms with E-state index in [9.17, 15) is 18.3 Å². The van der Waals surface area contributed by atoms with E-state index in [1.54, 1.807) is 0 Å². The number of nitrogens with one attached hydrogen (secondary N) is 1. The molecule has 0 radical (unpaired) electrons. The second kappa shape index (κ2) is 6.72. The van der Waals surface area contributed by atoms with Gasteiger partial charge in [0.05, 0.1) is 11.7 Å². The highest BCUT2D eigenvalue weighted by molar-refractivity contribution is 5.27. The van der Waals surface area contributed by atoms with Gasteiger partial charge < -0.3 is 15.5 Å². The van der Waals surface area contributed by atoms with Gasteiger partial charge in [-0.25, -0.2) is 0 Å². The minimum Gasteiger partial charge on any atom is -0.396 e. The van der Waals surface area contributed by atoms with E-state index >= 15 is 0 Å². The van der Waals surface area contributed by atoms with Gasteiger partial charge in [0, 0.05) is 13.2 Å². The van der Waals surface area contributed by atoms with Gasteiger partial charge in [-0.15, -0.1) is 0 Å². The molecule has 0 aliphatic heterocycles. The van der Waals surface area contributed by atoms with E-state index in [4.69, 9.17) is 5.11 Å². The first-order valence-electron chi connectivity index (χ1n) is 5.62. The Morgan fingerprint density at radius 1 is 1.28 bits per heavy atom. The fourth-order valence-corrected chi connectivity index (χ4v) is 1.48. The van der Waals surface area contributed by atoms with Crippen LogP contribution < -0.4 is 5.32 Å². The highest BCUT2D eigenvalue weighted by Gasteiger charge is 2.30. The number of hydrogen-bond donors (Lipinski definition) is 3. The Labute approximate surface area is 103 Å². The van der Waals surface area contributed by atoms with E-state index in [-0.39, 0.29) is 18.7 Å². The van der Waals surface area contributed by atoms with Crippen molar-refractivity contribution in [2.45, 2.75) is 18.7 Å². The van der Waals surface area contributed by atoms with Crippen LogP contribution in [0.5, 0.6) is 0 Å². The highest BCUT2D eigenvalue weighted by atomic mass is 19.4. The summed E-state index contributed by atoms with van der Waals surface area (Å²) in [6.45, 7) is 0.695. The number of benzene rings is 1. The van der Waals surface area contributed by atoms with Crippen molar-refractivity contribution in [3.05, 3.63) is 35.4 Å². The summed E-state index contributed by atoms with van der Waals surface area (Å²) in [6, 6.07) is 4.64. The lowest BCUT2D eigenvalue weighted by Crippen LogP contribution is -2.23. The molecule has 1 aromatic rings. The Kier molecular flexibility index (Phi) is 5.58. The van der Waals surface area contributed by atoms with Gasteiger partial charge in [-0.1, -0.05) is 12.1 Å². The monoisotopic (exact) mass is 263 g/mol. The minimum atomic E-state index is -4.40. The lowest BCUT2D eigenvalue weighted by atomic mass is 10.1. The van der Waals surface area contributed by atoms with E-state index in [1.807, 2.05) is 0 Å². The molecule has 1 atom stereocenters. The van der Waals surface area contributed by atoms with Crippen LogP contribution in [0.1, 0.15) is 23.7 Å². The fraction of sp³-hybridized carbons (Fsp3) is 0.500. The van der Waals surface area contributed by atoms with E-state index < -0.39 is 17.8 Å². The Morgan fingerprint density at radius 2 is 2.00 bits per heavy atom. The molecule has 1 rings (SSSR count). The maximum absolute atomic E-state index is 12.5. The number of halogens is 3. The molecule has 1 aromatic carbocycles. The zero-order chi connectivity index (χ0) is 13.6. The van der Waals surface area contributed by atoms with E-state index in [2.05, 4.69) is 5.32 Å². The molecule has 0 spiro atoms. The molecule has 6 heteroatoms.